The zero-order valence-corrected chi connectivity index (χ0v) is 20.7. The molecule has 1 aliphatic rings. The summed E-state index contributed by atoms with van der Waals surface area (Å²) in [7, 11) is 3.62. The Labute approximate surface area is 205 Å². The number of nitrogens with two attached hydrogens (primary N) is 1. The Morgan fingerprint density at radius 1 is 1.32 bits per heavy atom. The molecule has 0 spiro atoms. The van der Waals surface area contributed by atoms with Crippen molar-refractivity contribution in [1.82, 2.24) is 24.5 Å². The Balaban J connectivity index is 0.00000408. The number of likely N-dealkylation sites (N-methyl/N-ethyl adjacent to an activating group) is 1. The normalized spacial score (nSPS) is 17.6. The second-order valence-electron chi connectivity index (χ2n) is 8.47. The van der Waals surface area contributed by atoms with Gasteiger partial charge < -0.3 is 25.3 Å². The maximum atomic E-state index is 12.4. The van der Waals surface area contributed by atoms with Gasteiger partial charge in [-0.05, 0) is 37.8 Å². The number of likely N-dealkylation sites (tertiary alicyclic amines) is 1. The third kappa shape index (κ3) is 6.07. The number of fused-ring (bicyclic) bond motifs is 1. The number of hydrogen-bond donors (Lipinski definition) is 1. The van der Waals surface area contributed by atoms with Crippen molar-refractivity contribution >= 4 is 41.3 Å². The molecule has 0 radical (unpaired) electrons. The van der Waals surface area contributed by atoms with Crippen LogP contribution in [-0.2, 0) is 4.79 Å². The first-order valence-corrected chi connectivity index (χ1v) is 11.2. The van der Waals surface area contributed by atoms with Crippen molar-refractivity contribution in [2.24, 2.45) is 11.7 Å². The Morgan fingerprint density at radius 3 is 2.79 bits per heavy atom. The molecule has 1 saturated heterocycles. The van der Waals surface area contributed by atoms with Gasteiger partial charge >= 0.3 is 6.09 Å². The fraction of sp³-hybridized carbons (Fsp3) is 0.591. The topological polar surface area (TPSA) is 134 Å². The predicted molar refractivity (Wildman–Crippen MR) is 130 cm³/mol. The zero-order valence-electron chi connectivity index (χ0n) is 19.9. The Bertz CT molecular complexity index is 1020. The van der Waals surface area contributed by atoms with Crippen molar-refractivity contribution in [3.63, 3.8) is 0 Å². The number of carbonyl (C=O) groups is 2. The minimum absolute atomic E-state index is 0. The number of aromatic nitrogens is 3. The molecule has 0 aliphatic carbocycles. The van der Waals surface area contributed by atoms with E-state index in [-0.39, 0.29) is 30.8 Å². The minimum atomic E-state index is -0.481. The molecule has 2 aromatic heterocycles. The highest BCUT2D eigenvalue weighted by Crippen LogP contribution is 2.29. The third-order valence-corrected chi connectivity index (χ3v) is 6.20. The van der Waals surface area contributed by atoms with Crippen LogP contribution in [0.25, 0.3) is 11.0 Å². The lowest BCUT2D eigenvalue weighted by atomic mass is 9.92. The molecule has 12 heteroatoms. The summed E-state index contributed by atoms with van der Waals surface area (Å²) in [6, 6.07) is 3.78. The fourth-order valence-electron chi connectivity index (χ4n) is 4.12. The summed E-state index contributed by atoms with van der Waals surface area (Å²) in [4.78, 5) is 44.3. The molecular formula is C22H33ClN8O3. The molecule has 0 bridgehead atoms. The number of anilines is 1. The number of hydrogen-bond acceptors (Lipinski definition) is 8. The third-order valence-electron chi connectivity index (χ3n) is 6.20. The summed E-state index contributed by atoms with van der Waals surface area (Å²) in [6.45, 7) is 4.46. The van der Waals surface area contributed by atoms with Gasteiger partial charge in [-0.1, -0.05) is 6.92 Å². The Morgan fingerprint density at radius 2 is 2.09 bits per heavy atom. The fourth-order valence-corrected chi connectivity index (χ4v) is 4.12. The largest absolute Gasteiger partial charge is 0.434 e. The van der Waals surface area contributed by atoms with Crippen LogP contribution in [0.3, 0.4) is 0 Å². The Hall–Kier alpha value is -3.10. The summed E-state index contributed by atoms with van der Waals surface area (Å²) < 4.78 is 1.35. The molecule has 2 amide bonds. The van der Waals surface area contributed by atoms with Crippen molar-refractivity contribution in [2.45, 2.75) is 38.6 Å². The summed E-state index contributed by atoms with van der Waals surface area (Å²) in [6.07, 6.45) is 4.98. The molecule has 1 fully saturated rings. The van der Waals surface area contributed by atoms with Crippen LogP contribution in [0.4, 0.5) is 10.6 Å². The van der Waals surface area contributed by atoms with E-state index in [1.54, 1.807) is 18.1 Å². The van der Waals surface area contributed by atoms with E-state index in [9.17, 15) is 9.59 Å². The number of nitrogens with zero attached hydrogens (tertiary/aromatic N) is 7. The second kappa shape index (κ2) is 12.4. The van der Waals surface area contributed by atoms with E-state index in [4.69, 9.17) is 15.8 Å². The lowest BCUT2D eigenvalue weighted by molar-refractivity contribution is -0.131. The van der Waals surface area contributed by atoms with E-state index in [0.717, 1.165) is 24.6 Å². The van der Waals surface area contributed by atoms with Crippen LogP contribution in [0.15, 0.2) is 18.6 Å². The van der Waals surface area contributed by atoms with Gasteiger partial charge in [-0.3, -0.25) is 4.79 Å². The maximum absolute atomic E-state index is 12.4. The summed E-state index contributed by atoms with van der Waals surface area (Å²) in [5, 5.41) is 9.61. The first kappa shape index (κ1) is 27.1. The number of halogens is 1. The van der Waals surface area contributed by atoms with Crippen molar-refractivity contribution in [3.8, 4) is 6.07 Å². The number of amides is 2. The lowest BCUT2D eigenvalue weighted by Crippen LogP contribution is -2.52. The SMILES string of the molecule is C[C@@H]1CCN(C(=O)CC#N)C[C@@H]1N(C)c1ncnc2c1ccn2OC(=O)N(C)CCCCN.Cl. The zero-order chi connectivity index (χ0) is 24.0. The van der Waals surface area contributed by atoms with Gasteiger partial charge in [0.25, 0.3) is 0 Å². The van der Waals surface area contributed by atoms with E-state index in [0.29, 0.717) is 43.6 Å². The molecule has 2 N–H and O–H groups in total. The summed E-state index contributed by atoms with van der Waals surface area (Å²) in [5.74, 6) is 0.870. The number of piperidine rings is 1. The van der Waals surface area contributed by atoms with E-state index in [1.807, 2.05) is 24.1 Å². The van der Waals surface area contributed by atoms with Gasteiger partial charge in [0.05, 0.1) is 17.5 Å². The van der Waals surface area contributed by atoms with E-state index in [2.05, 4.69) is 16.9 Å². The molecule has 34 heavy (non-hydrogen) atoms. The number of rotatable bonds is 8. The average Bonchev–Trinajstić information content (AvgIpc) is 3.22. The molecule has 0 aromatic carbocycles. The number of unbranched alkanes of at least 4 members (excludes halogenated alkanes) is 1. The lowest BCUT2D eigenvalue weighted by Gasteiger charge is -2.42. The first-order chi connectivity index (χ1) is 15.9. The summed E-state index contributed by atoms with van der Waals surface area (Å²) >= 11 is 0. The van der Waals surface area contributed by atoms with Gasteiger partial charge in [-0.25, -0.2) is 14.8 Å². The molecule has 3 rings (SSSR count). The van der Waals surface area contributed by atoms with E-state index < -0.39 is 6.09 Å². The van der Waals surface area contributed by atoms with Gasteiger partial charge in [0.2, 0.25) is 5.91 Å². The highest BCUT2D eigenvalue weighted by molar-refractivity contribution is 5.88. The van der Waals surface area contributed by atoms with Crippen molar-refractivity contribution in [1.29, 1.82) is 5.26 Å². The molecule has 3 heterocycles. The second-order valence-corrected chi connectivity index (χ2v) is 8.47. The molecule has 0 unspecified atom stereocenters. The van der Waals surface area contributed by atoms with Gasteiger partial charge in [-0.15, -0.1) is 12.4 Å². The summed E-state index contributed by atoms with van der Waals surface area (Å²) in [5.41, 5.74) is 5.99. The van der Waals surface area contributed by atoms with Gasteiger partial charge in [-0.2, -0.15) is 9.99 Å². The molecule has 11 nitrogen and oxygen atoms in total. The molecule has 1 aliphatic heterocycles. The minimum Gasteiger partial charge on any atom is -0.354 e. The van der Waals surface area contributed by atoms with Gasteiger partial charge in [0.15, 0.2) is 5.65 Å². The average molecular weight is 493 g/mol. The number of nitriles is 1. The molecule has 186 valence electrons. The van der Waals surface area contributed by atoms with Crippen LogP contribution in [0.1, 0.15) is 32.6 Å². The monoisotopic (exact) mass is 492 g/mol. The van der Waals surface area contributed by atoms with Crippen LogP contribution in [0, 0.1) is 17.2 Å². The van der Waals surface area contributed by atoms with Crippen LogP contribution in [0.5, 0.6) is 0 Å². The molecule has 0 saturated carbocycles. The molecule has 2 aromatic rings. The molecule has 2 atom stereocenters. The van der Waals surface area contributed by atoms with Crippen molar-refractivity contribution in [3.05, 3.63) is 18.6 Å². The van der Waals surface area contributed by atoms with Gasteiger partial charge in [0.1, 0.15) is 18.6 Å². The van der Waals surface area contributed by atoms with Crippen LogP contribution in [-0.4, -0.2) is 82.8 Å². The van der Waals surface area contributed by atoms with Crippen LogP contribution in [0.2, 0.25) is 0 Å². The molecular weight excluding hydrogens is 460 g/mol. The van der Waals surface area contributed by atoms with E-state index in [1.165, 1.54) is 16.0 Å². The van der Waals surface area contributed by atoms with Crippen LogP contribution >= 0.6 is 12.4 Å². The van der Waals surface area contributed by atoms with Crippen molar-refractivity contribution in [2.75, 3.05) is 45.2 Å². The maximum Gasteiger partial charge on any atom is 0.434 e. The quantitative estimate of drug-likeness (QED) is 0.550. The van der Waals surface area contributed by atoms with Crippen LogP contribution < -0.4 is 15.5 Å². The van der Waals surface area contributed by atoms with E-state index >= 15 is 0 Å². The first-order valence-electron chi connectivity index (χ1n) is 11.2. The smallest absolute Gasteiger partial charge is 0.354 e. The highest BCUT2D eigenvalue weighted by Gasteiger charge is 2.32. The van der Waals surface area contributed by atoms with Gasteiger partial charge in [0, 0.05) is 39.9 Å². The Kier molecular flexibility index (Phi) is 9.89. The predicted octanol–water partition coefficient (Wildman–Crippen LogP) is 1.66. The number of carbonyl (C=O) groups excluding carboxylic acids is 2. The standard InChI is InChI=1S/C22H32N8O3.ClH/c1-16-7-12-29(19(31)6-10-24)14-18(16)28(3)20-17-8-13-30(21(17)26-15-25-20)33-22(32)27(2)11-5-4-9-23;/h8,13,15-16,18H,4-7,9,11-12,14,23H2,1-3H3;1H/t16-,18+;/m1./s1. The highest BCUT2D eigenvalue weighted by atomic mass is 35.5. The van der Waals surface area contributed by atoms with Crippen molar-refractivity contribution < 1.29 is 14.4 Å².